The summed E-state index contributed by atoms with van der Waals surface area (Å²) in [4.78, 5) is 18.8. The summed E-state index contributed by atoms with van der Waals surface area (Å²) in [7, 11) is 0. The molecule has 10 nitrogen and oxygen atoms in total. The molecule has 1 aliphatic carbocycles. The van der Waals surface area contributed by atoms with Crippen LogP contribution in [0.2, 0.25) is 5.02 Å². The minimum Gasteiger partial charge on any atom is -0.475 e. The van der Waals surface area contributed by atoms with Crippen molar-refractivity contribution in [1.29, 1.82) is 0 Å². The number of aromatic nitrogens is 5. The second-order valence-corrected chi connectivity index (χ2v) is 13.4. The highest BCUT2D eigenvalue weighted by Crippen LogP contribution is 2.52. The average Bonchev–Trinajstić information content (AvgIpc) is 3.69. The van der Waals surface area contributed by atoms with Crippen molar-refractivity contribution in [3.05, 3.63) is 40.6 Å². The third kappa shape index (κ3) is 4.32. The Morgan fingerprint density at radius 3 is 2.89 bits per heavy atom. The lowest BCUT2D eigenvalue weighted by molar-refractivity contribution is 0.108. The Labute approximate surface area is 262 Å². The summed E-state index contributed by atoms with van der Waals surface area (Å²) in [5, 5.41) is 7.38. The molecule has 1 N–H and O–H groups in total. The van der Waals surface area contributed by atoms with E-state index in [9.17, 15) is 0 Å². The Balaban J connectivity index is 1.25. The monoisotopic (exact) mass is 635 g/mol. The largest absolute Gasteiger partial charge is 0.475 e. The lowest BCUT2D eigenvalue weighted by Crippen LogP contribution is -2.43. The number of nitrogens with one attached hydrogen (secondary N) is 1. The molecule has 4 aliphatic heterocycles. The summed E-state index contributed by atoms with van der Waals surface area (Å²) in [5.74, 6) is -0.643. The molecule has 3 aromatic heterocycles. The number of aromatic amines is 1. The number of anilines is 1. The maximum absolute atomic E-state index is 17.1. The van der Waals surface area contributed by atoms with E-state index in [2.05, 4.69) is 31.6 Å². The maximum Gasteiger partial charge on any atom is 0.319 e. The number of ether oxygens (including phenoxy) is 3. The van der Waals surface area contributed by atoms with Gasteiger partial charge in [0.25, 0.3) is 0 Å². The molecule has 4 aromatic rings. The third-order valence-electron chi connectivity index (χ3n) is 10.1. The zero-order chi connectivity index (χ0) is 30.4. The minimum atomic E-state index is -0.712. The van der Waals surface area contributed by atoms with Crippen LogP contribution in [0.1, 0.15) is 50.0 Å². The number of benzene rings is 1. The first-order chi connectivity index (χ1) is 21.9. The molecule has 0 spiro atoms. The van der Waals surface area contributed by atoms with Gasteiger partial charge in [0, 0.05) is 30.3 Å². The van der Waals surface area contributed by atoms with E-state index in [-0.39, 0.29) is 58.2 Å². The van der Waals surface area contributed by atoms with Crippen LogP contribution in [0.25, 0.3) is 33.1 Å². The Hall–Kier alpha value is -3.61. The summed E-state index contributed by atoms with van der Waals surface area (Å²) in [5.41, 5.74) is 2.18. The van der Waals surface area contributed by atoms with Crippen LogP contribution < -0.4 is 14.4 Å². The maximum atomic E-state index is 17.1. The molecule has 234 valence electrons. The van der Waals surface area contributed by atoms with Crippen LogP contribution in [0.15, 0.2) is 18.2 Å². The summed E-state index contributed by atoms with van der Waals surface area (Å²) >= 11 is 6.76. The third-order valence-corrected chi connectivity index (χ3v) is 10.4. The van der Waals surface area contributed by atoms with Gasteiger partial charge in [-0.15, -0.1) is 0 Å². The highest BCUT2D eigenvalue weighted by Gasteiger charge is 2.47. The Morgan fingerprint density at radius 1 is 1.13 bits per heavy atom. The van der Waals surface area contributed by atoms with E-state index in [1.54, 1.807) is 6.07 Å². The van der Waals surface area contributed by atoms with Crippen molar-refractivity contribution in [2.24, 2.45) is 0 Å². The van der Waals surface area contributed by atoms with Gasteiger partial charge in [0.05, 0.1) is 29.1 Å². The van der Waals surface area contributed by atoms with E-state index in [1.165, 1.54) is 5.57 Å². The van der Waals surface area contributed by atoms with E-state index >= 15 is 8.78 Å². The predicted molar refractivity (Wildman–Crippen MR) is 164 cm³/mol. The first-order valence-electron chi connectivity index (χ1n) is 15.7. The first kappa shape index (κ1) is 27.7. The molecule has 13 heteroatoms. The smallest absolute Gasteiger partial charge is 0.319 e. The van der Waals surface area contributed by atoms with E-state index in [4.69, 9.17) is 35.8 Å². The second kappa shape index (κ2) is 10.2. The van der Waals surface area contributed by atoms with Crippen molar-refractivity contribution in [1.82, 2.24) is 30.0 Å². The molecule has 5 aliphatic rings. The van der Waals surface area contributed by atoms with E-state index in [0.29, 0.717) is 53.7 Å². The zero-order valence-electron chi connectivity index (χ0n) is 24.7. The molecule has 9 rings (SSSR count). The average molecular weight is 636 g/mol. The summed E-state index contributed by atoms with van der Waals surface area (Å²) in [6.07, 6.45) is 5.42. The molecule has 4 fully saturated rings. The fourth-order valence-corrected chi connectivity index (χ4v) is 8.21. The first-order valence-corrected chi connectivity index (χ1v) is 16.1. The van der Waals surface area contributed by atoms with Crippen LogP contribution in [-0.4, -0.2) is 87.7 Å². The zero-order valence-corrected chi connectivity index (χ0v) is 25.4. The molecule has 0 unspecified atom stereocenters. The molecular formula is C32H32ClF2N7O3. The van der Waals surface area contributed by atoms with Crippen LogP contribution in [-0.2, 0) is 4.74 Å². The predicted octanol–water partition coefficient (Wildman–Crippen LogP) is 5.54. The van der Waals surface area contributed by atoms with Gasteiger partial charge in [-0.3, -0.25) is 10.00 Å². The Bertz CT molecular complexity index is 1900. The molecule has 2 atom stereocenters. The highest BCUT2D eigenvalue weighted by atomic mass is 35.5. The number of fused-ring (bicyclic) bond motifs is 4. The molecule has 7 heterocycles. The SMILES string of the molecule is C=C1CN2CCC[C@@]2(COc2nc3c4c(nc(-c5c(C6CC6)c(Cl)cc6n[nH]c(F)c56)c(F)c4n2)OC[C@@H]2COCCCN32)C1. The van der Waals surface area contributed by atoms with Gasteiger partial charge >= 0.3 is 6.01 Å². The van der Waals surface area contributed by atoms with Crippen molar-refractivity contribution in [3.63, 3.8) is 0 Å². The number of nitrogens with zero attached hydrogens (tertiary/aromatic N) is 6. The Kier molecular flexibility index (Phi) is 6.27. The van der Waals surface area contributed by atoms with Crippen LogP contribution in [0.3, 0.4) is 0 Å². The lowest BCUT2D eigenvalue weighted by atomic mass is 9.94. The van der Waals surface area contributed by atoms with E-state index in [0.717, 1.165) is 51.6 Å². The summed E-state index contributed by atoms with van der Waals surface area (Å²) in [6.45, 7) is 8.37. The van der Waals surface area contributed by atoms with Gasteiger partial charge in [-0.25, -0.2) is 9.37 Å². The van der Waals surface area contributed by atoms with Crippen LogP contribution in [0.5, 0.6) is 11.9 Å². The fourth-order valence-electron chi connectivity index (χ4n) is 7.86. The van der Waals surface area contributed by atoms with Gasteiger partial charge in [-0.05, 0) is 62.6 Å². The second-order valence-electron chi connectivity index (χ2n) is 13.0. The summed E-state index contributed by atoms with van der Waals surface area (Å²) in [6, 6.07) is 1.53. The molecular weight excluding hydrogens is 604 g/mol. The topological polar surface area (TPSA) is 102 Å². The number of pyridine rings is 1. The van der Waals surface area contributed by atoms with Gasteiger partial charge in [0.1, 0.15) is 35.6 Å². The molecule has 1 saturated carbocycles. The number of hydrogen-bond acceptors (Lipinski definition) is 9. The van der Waals surface area contributed by atoms with Crippen molar-refractivity contribution in [2.75, 3.05) is 51.0 Å². The van der Waals surface area contributed by atoms with Gasteiger partial charge < -0.3 is 19.1 Å². The van der Waals surface area contributed by atoms with Crippen LogP contribution >= 0.6 is 11.6 Å². The van der Waals surface area contributed by atoms with E-state index in [1.807, 2.05) is 0 Å². The van der Waals surface area contributed by atoms with Gasteiger partial charge in [0.2, 0.25) is 11.8 Å². The fraction of sp³-hybridized carbons (Fsp3) is 0.500. The highest BCUT2D eigenvalue weighted by molar-refractivity contribution is 6.33. The Morgan fingerprint density at radius 2 is 2.02 bits per heavy atom. The number of rotatable bonds is 5. The van der Waals surface area contributed by atoms with Crippen molar-refractivity contribution >= 4 is 39.2 Å². The molecule has 0 amide bonds. The number of hydrogen-bond donors (Lipinski definition) is 1. The molecule has 0 radical (unpaired) electrons. The lowest BCUT2D eigenvalue weighted by Gasteiger charge is -2.31. The van der Waals surface area contributed by atoms with Crippen molar-refractivity contribution in [3.8, 4) is 23.1 Å². The van der Waals surface area contributed by atoms with Gasteiger partial charge in [-0.1, -0.05) is 23.8 Å². The van der Waals surface area contributed by atoms with Gasteiger partial charge in [-0.2, -0.15) is 19.5 Å². The summed E-state index contributed by atoms with van der Waals surface area (Å²) < 4.78 is 51.0. The van der Waals surface area contributed by atoms with Crippen molar-refractivity contribution < 1.29 is 23.0 Å². The number of H-pyrrole nitrogens is 1. The van der Waals surface area contributed by atoms with Crippen molar-refractivity contribution in [2.45, 2.75) is 56.0 Å². The molecule has 3 saturated heterocycles. The molecule has 45 heavy (non-hydrogen) atoms. The molecule has 0 bridgehead atoms. The molecule has 1 aromatic carbocycles. The van der Waals surface area contributed by atoms with Crippen LogP contribution in [0.4, 0.5) is 14.6 Å². The normalized spacial score (nSPS) is 24.9. The standard InChI is InChI=1S/C32H32ClF2N7O3/c1-16-11-32(6-2-7-41(32)12-16)15-45-31-37-27-24-29(38-31)42-8-3-9-43-13-18(42)14-44-30(24)36-26(25(27)34)23-21(17-4-5-17)19(33)10-20-22(23)28(35)40-39-20/h10,17-18H,1-9,11-15H2,(H,39,40)/t18-,32-/m0/s1. The quantitative estimate of drug-likeness (QED) is 0.283. The number of halogens is 3. The minimum absolute atomic E-state index is 0.0104. The van der Waals surface area contributed by atoms with Crippen LogP contribution in [0, 0.1) is 11.8 Å². The van der Waals surface area contributed by atoms with E-state index < -0.39 is 11.8 Å². The van der Waals surface area contributed by atoms with Gasteiger partial charge in [0.15, 0.2) is 5.82 Å².